The van der Waals surface area contributed by atoms with Gasteiger partial charge in [0.25, 0.3) is 5.91 Å². The van der Waals surface area contributed by atoms with Crippen molar-refractivity contribution in [1.82, 2.24) is 10.6 Å². The number of nitrogens with zero attached hydrogens (tertiary/aromatic N) is 1. The molecular weight excluding hydrogens is 470 g/mol. The number of rotatable bonds is 9. The molecule has 1 aromatic heterocycles. The van der Waals surface area contributed by atoms with E-state index < -0.39 is 11.6 Å². The van der Waals surface area contributed by atoms with E-state index in [9.17, 15) is 14.4 Å². The summed E-state index contributed by atoms with van der Waals surface area (Å²) in [6.07, 6.45) is 0.997. The van der Waals surface area contributed by atoms with Gasteiger partial charge in [0.1, 0.15) is 6.04 Å². The number of nitrogens with one attached hydrogen (secondary N) is 2. The van der Waals surface area contributed by atoms with Gasteiger partial charge in [0.05, 0.1) is 11.4 Å². The van der Waals surface area contributed by atoms with E-state index in [4.69, 9.17) is 0 Å². The fourth-order valence-electron chi connectivity index (χ4n) is 3.86. The van der Waals surface area contributed by atoms with Gasteiger partial charge in [-0.25, -0.2) is 0 Å². The number of benzene rings is 2. The van der Waals surface area contributed by atoms with Gasteiger partial charge < -0.3 is 10.6 Å². The smallest absolute Gasteiger partial charge is 0.261 e. The lowest BCUT2D eigenvalue weighted by Gasteiger charge is -2.34. The van der Waals surface area contributed by atoms with Crippen molar-refractivity contribution in [2.45, 2.75) is 58.5 Å². The van der Waals surface area contributed by atoms with Crippen molar-refractivity contribution in [1.29, 1.82) is 0 Å². The summed E-state index contributed by atoms with van der Waals surface area (Å²) in [5.74, 6) is -0.616. The molecule has 0 spiro atoms. The Kier molecular flexibility index (Phi) is 9.04. The maximum atomic E-state index is 13.7. The molecule has 0 aliphatic rings. The molecule has 0 radical (unpaired) electrons. The molecule has 1 heterocycles. The molecule has 3 amide bonds. The van der Waals surface area contributed by atoms with Crippen LogP contribution < -0.4 is 15.5 Å². The van der Waals surface area contributed by atoms with E-state index in [1.807, 2.05) is 80.7 Å². The average molecular weight is 506 g/mol. The molecule has 6 nitrogen and oxygen atoms in total. The van der Waals surface area contributed by atoms with Crippen molar-refractivity contribution >= 4 is 34.7 Å². The van der Waals surface area contributed by atoms with Crippen molar-refractivity contribution in [2.75, 3.05) is 11.4 Å². The van der Waals surface area contributed by atoms with Crippen molar-refractivity contribution < 1.29 is 14.4 Å². The second kappa shape index (κ2) is 12.0. The largest absolute Gasteiger partial charge is 0.349 e. The van der Waals surface area contributed by atoms with Gasteiger partial charge in [-0.05, 0) is 67.8 Å². The van der Waals surface area contributed by atoms with Crippen LogP contribution in [0.25, 0.3) is 0 Å². The molecule has 2 atom stereocenters. The van der Waals surface area contributed by atoms with E-state index in [0.717, 1.165) is 12.0 Å². The summed E-state index contributed by atoms with van der Waals surface area (Å²) in [7, 11) is 0. The minimum absolute atomic E-state index is 0.240. The van der Waals surface area contributed by atoms with E-state index in [1.54, 1.807) is 12.1 Å². The lowest BCUT2D eigenvalue weighted by atomic mass is 9.97. The Morgan fingerprint density at radius 3 is 2.14 bits per heavy atom. The van der Waals surface area contributed by atoms with Gasteiger partial charge in [0.15, 0.2) is 0 Å². The molecule has 0 saturated heterocycles. The van der Waals surface area contributed by atoms with Crippen LogP contribution in [-0.4, -0.2) is 29.8 Å². The Hall–Kier alpha value is -3.45. The summed E-state index contributed by atoms with van der Waals surface area (Å²) in [5, 5.41) is 7.56. The van der Waals surface area contributed by atoms with E-state index in [0.29, 0.717) is 22.0 Å². The summed E-state index contributed by atoms with van der Waals surface area (Å²) in [6.45, 7) is 9.76. The maximum absolute atomic E-state index is 13.7. The molecule has 0 aliphatic carbocycles. The van der Waals surface area contributed by atoms with Crippen LogP contribution >= 0.6 is 11.3 Å². The molecule has 0 aliphatic heterocycles. The van der Waals surface area contributed by atoms with Crippen LogP contribution in [0.4, 0.5) is 5.69 Å². The molecule has 36 heavy (non-hydrogen) atoms. The topological polar surface area (TPSA) is 78.5 Å². The van der Waals surface area contributed by atoms with Crippen LogP contribution in [0.5, 0.6) is 0 Å². The van der Waals surface area contributed by atoms with Crippen molar-refractivity contribution in [3.63, 3.8) is 0 Å². The monoisotopic (exact) mass is 505 g/mol. The molecule has 190 valence electrons. The first-order chi connectivity index (χ1) is 17.1. The summed E-state index contributed by atoms with van der Waals surface area (Å²) < 4.78 is 0. The Labute approximate surface area is 217 Å². The predicted molar refractivity (Wildman–Crippen MR) is 146 cm³/mol. The van der Waals surface area contributed by atoms with Gasteiger partial charge in [0.2, 0.25) is 11.8 Å². The standard InChI is InChI=1S/C29H35N3O3S/c1-6-20(2)21-14-16-23(17-15-21)32(25(33)19-30-27(34)24-13-10-18-36-24)26(22-11-8-7-9-12-22)28(35)31-29(3,4)5/h7-18,20,26H,6,19H2,1-5H3,(H,30,34)(H,31,35)/t20-,26+/m1/s1. The number of amides is 3. The van der Waals surface area contributed by atoms with Gasteiger partial charge in [-0.15, -0.1) is 11.3 Å². The third-order valence-electron chi connectivity index (χ3n) is 5.89. The van der Waals surface area contributed by atoms with Crippen molar-refractivity contribution in [2.24, 2.45) is 0 Å². The normalized spacial score (nSPS) is 12.9. The number of anilines is 1. The molecule has 7 heteroatoms. The highest BCUT2D eigenvalue weighted by Crippen LogP contribution is 2.30. The summed E-state index contributed by atoms with van der Waals surface area (Å²) >= 11 is 1.31. The first kappa shape index (κ1) is 27.1. The van der Waals surface area contributed by atoms with Gasteiger partial charge in [0, 0.05) is 11.2 Å². The highest BCUT2D eigenvalue weighted by atomic mass is 32.1. The fourth-order valence-corrected chi connectivity index (χ4v) is 4.50. The summed E-state index contributed by atoms with van der Waals surface area (Å²) in [4.78, 5) is 41.9. The van der Waals surface area contributed by atoms with Crippen LogP contribution in [0.2, 0.25) is 0 Å². The van der Waals surface area contributed by atoms with E-state index in [-0.39, 0.29) is 24.3 Å². The van der Waals surface area contributed by atoms with E-state index in [2.05, 4.69) is 24.5 Å². The first-order valence-corrected chi connectivity index (χ1v) is 13.1. The number of carbonyl (C=O) groups is 3. The molecule has 3 aromatic rings. The minimum Gasteiger partial charge on any atom is -0.349 e. The average Bonchev–Trinajstić information content (AvgIpc) is 3.40. The highest BCUT2D eigenvalue weighted by molar-refractivity contribution is 7.12. The second-order valence-corrected chi connectivity index (χ2v) is 10.8. The maximum Gasteiger partial charge on any atom is 0.261 e. The van der Waals surface area contributed by atoms with Crippen molar-refractivity contribution in [3.8, 4) is 0 Å². The molecule has 3 rings (SSSR count). The first-order valence-electron chi connectivity index (χ1n) is 12.2. The quantitative estimate of drug-likeness (QED) is 0.393. The third-order valence-corrected chi connectivity index (χ3v) is 6.76. The molecular formula is C29H35N3O3S. The van der Waals surface area contributed by atoms with Crippen LogP contribution in [0, 0.1) is 0 Å². The van der Waals surface area contributed by atoms with Crippen LogP contribution in [0.1, 0.15) is 73.8 Å². The fraction of sp³-hybridized carbons (Fsp3) is 0.345. The predicted octanol–water partition coefficient (Wildman–Crippen LogP) is 5.68. The minimum atomic E-state index is -0.911. The Morgan fingerprint density at radius 1 is 0.917 bits per heavy atom. The Bertz CT molecular complexity index is 1150. The molecule has 2 aromatic carbocycles. The number of thiophene rings is 1. The number of hydrogen-bond donors (Lipinski definition) is 2. The van der Waals surface area contributed by atoms with E-state index >= 15 is 0 Å². The second-order valence-electron chi connectivity index (χ2n) is 9.88. The molecule has 0 saturated carbocycles. The van der Waals surface area contributed by atoms with Crippen LogP contribution in [-0.2, 0) is 9.59 Å². The highest BCUT2D eigenvalue weighted by Gasteiger charge is 2.34. The Morgan fingerprint density at radius 2 is 1.58 bits per heavy atom. The van der Waals surface area contributed by atoms with Gasteiger partial charge in [-0.2, -0.15) is 0 Å². The molecule has 0 fully saturated rings. The number of hydrogen-bond acceptors (Lipinski definition) is 4. The van der Waals surface area contributed by atoms with E-state index in [1.165, 1.54) is 16.2 Å². The molecule has 2 N–H and O–H groups in total. The van der Waals surface area contributed by atoms with Gasteiger partial charge in [-0.3, -0.25) is 19.3 Å². The van der Waals surface area contributed by atoms with Crippen LogP contribution in [0.3, 0.4) is 0 Å². The zero-order valence-corrected chi connectivity index (χ0v) is 22.4. The lowest BCUT2D eigenvalue weighted by Crippen LogP contribution is -2.51. The SMILES string of the molecule is CC[C@@H](C)c1ccc(N(C(=O)CNC(=O)c2cccs2)[C@H](C(=O)NC(C)(C)C)c2ccccc2)cc1. The van der Waals surface area contributed by atoms with Gasteiger partial charge in [-0.1, -0.05) is 62.4 Å². The third kappa shape index (κ3) is 7.04. The van der Waals surface area contributed by atoms with Gasteiger partial charge >= 0.3 is 0 Å². The van der Waals surface area contributed by atoms with Crippen LogP contribution in [0.15, 0.2) is 72.1 Å². The zero-order chi connectivity index (χ0) is 26.3. The molecule has 0 bridgehead atoms. The molecule has 0 unspecified atom stereocenters. The Balaban J connectivity index is 2.01. The summed E-state index contributed by atoms with van der Waals surface area (Å²) in [5.41, 5.74) is 1.95. The lowest BCUT2D eigenvalue weighted by molar-refractivity contribution is -0.127. The zero-order valence-electron chi connectivity index (χ0n) is 21.6. The van der Waals surface area contributed by atoms with Crippen molar-refractivity contribution in [3.05, 3.63) is 88.1 Å². The number of carbonyl (C=O) groups excluding carboxylic acids is 3. The summed E-state index contributed by atoms with van der Waals surface area (Å²) in [6, 6.07) is 19.6.